The molecule has 0 aliphatic carbocycles. The number of hydrogen-bond donors (Lipinski definition) is 1. The summed E-state index contributed by atoms with van der Waals surface area (Å²) in [5.41, 5.74) is 3.72. The maximum Gasteiger partial charge on any atom is 0.0674 e. The number of pyridine rings is 1. The average molecular weight is 275 g/mol. The summed E-state index contributed by atoms with van der Waals surface area (Å²) < 4.78 is 5.18. The maximum atomic E-state index is 5.18. The summed E-state index contributed by atoms with van der Waals surface area (Å²) in [6.07, 6.45) is 6.38. The molecule has 1 aromatic rings. The van der Waals surface area contributed by atoms with E-state index in [2.05, 4.69) is 40.3 Å². The molecule has 0 saturated heterocycles. The van der Waals surface area contributed by atoms with Gasteiger partial charge >= 0.3 is 0 Å². The van der Waals surface area contributed by atoms with Gasteiger partial charge in [0, 0.05) is 26.2 Å². The van der Waals surface area contributed by atoms with Gasteiger partial charge in [-0.05, 0) is 37.6 Å². The van der Waals surface area contributed by atoms with Gasteiger partial charge in [-0.25, -0.2) is 0 Å². The summed E-state index contributed by atoms with van der Waals surface area (Å²) in [4.78, 5) is 6.96. The van der Waals surface area contributed by atoms with Gasteiger partial charge in [0.1, 0.15) is 0 Å². The molecule has 4 nitrogen and oxygen atoms in total. The number of aromatic nitrogens is 1. The first-order chi connectivity index (χ1) is 9.78. The molecule has 0 aromatic carbocycles. The number of hydrogen-bond acceptors (Lipinski definition) is 4. The van der Waals surface area contributed by atoms with E-state index < -0.39 is 0 Å². The van der Waals surface area contributed by atoms with Crippen molar-refractivity contribution in [3.8, 4) is 0 Å². The van der Waals surface area contributed by atoms with Gasteiger partial charge in [-0.3, -0.25) is 4.98 Å². The third-order valence-electron chi connectivity index (χ3n) is 3.88. The van der Waals surface area contributed by atoms with Gasteiger partial charge in [0.2, 0.25) is 0 Å². The fourth-order valence-electron chi connectivity index (χ4n) is 2.61. The van der Waals surface area contributed by atoms with E-state index in [-0.39, 0.29) is 0 Å². The van der Waals surface area contributed by atoms with Crippen molar-refractivity contribution in [3.63, 3.8) is 0 Å². The van der Waals surface area contributed by atoms with Crippen molar-refractivity contribution in [1.29, 1.82) is 0 Å². The molecule has 0 amide bonds. The Kier molecular flexibility index (Phi) is 5.56. The summed E-state index contributed by atoms with van der Waals surface area (Å²) >= 11 is 0. The lowest BCUT2D eigenvalue weighted by molar-refractivity contribution is 0.222. The van der Waals surface area contributed by atoms with Crippen molar-refractivity contribution in [2.75, 3.05) is 38.8 Å². The van der Waals surface area contributed by atoms with E-state index in [1.165, 1.54) is 11.3 Å². The number of ether oxygens (including phenoxy) is 1. The van der Waals surface area contributed by atoms with Crippen molar-refractivity contribution in [2.24, 2.45) is 0 Å². The normalized spacial score (nSPS) is 16.9. The Morgan fingerprint density at radius 2 is 2.30 bits per heavy atom. The highest BCUT2D eigenvalue weighted by Crippen LogP contribution is 2.21. The molecule has 1 N–H and O–H groups in total. The molecule has 4 heteroatoms. The second-order valence-corrected chi connectivity index (χ2v) is 5.18. The van der Waals surface area contributed by atoms with Crippen molar-refractivity contribution < 1.29 is 4.74 Å². The van der Waals surface area contributed by atoms with Crippen LogP contribution in [0.2, 0.25) is 0 Å². The lowest BCUT2D eigenvalue weighted by atomic mass is 10.1. The van der Waals surface area contributed by atoms with E-state index in [1.54, 1.807) is 7.11 Å². The fourth-order valence-corrected chi connectivity index (χ4v) is 2.61. The topological polar surface area (TPSA) is 37.4 Å². The number of anilines is 1. The minimum atomic E-state index is 0.346. The van der Waals surface area contributed by atoms with Crippen LogP contribution < -0.4 is 10.2 Å². The minimum absolute atomic E-state index is 0.346. The zero-order valence-corrected chi connectivity index (χ0v) is 12.7. The van der Waals surface area contributed by atoms with E-state index in [9.17, 15) is 0 Å². The molecule has 110 valence electrons. The van der Waals surface area contributed by atoms with Crippen LogP contribution in [0.3, 0.4) is 0 Å². The van der Waals surface area contributed by atoms with Crippen LogP contribution in [0.5, 0.6) is 0 Å². The predicted molar refractivity (Wildman–Crippen MR) is 83.1 cm³/mol. The number of methoxy groups -OCH3 is 1. The Labute approximate surface area is 121 Å². The molecule has 2 heterocycles. The van der Waals surface area contributed by atoms with E-state index in [1.807, 2.05) is 13.2 Å². The molecule has 1 aromatic heterocycles. The second-order valence-electron chi connectivity index (χ2n) is 5.18. The van der Waals surface area contributed by atoms with Gasteiger partial charge in [0.15, 0.2) is 0 Å². The first-order valence-corrected chi connectivity index (χ1v) is 7.33. The van der Waals surface area contributed by atoms with Crippen LogP contribution in [0, 0.1) is 0 Å². The highest BCUT2D eigenvalue weighted by molar-refractivity contribution is 5.47. The highest BCUT2D eigenvalue weighted by atomic mass is 16.5. The quantitative estimate of drug-likeness (QED) is 0.810. The Bertz CT molecular complexity index is 438. The zero-order valence-electron chi connectivity index (χ0n) is 12.7. The van der Waals surface area contributed by atoms with Crippen LogP contribution >= 0.6 is 0 Å². The number of rotatable bonds is 6. The summed E-state index contributed by atoms with van der Waals surface area (Å²) in [5.74, 6) is 0. The minimum Gasteiger partial charge on any atom is -0.380 e. The molecule has 0 fully saturated rings. The Hall–Kier alpha value is -1.39. The Morgan fingerprint density at radius 1 is 1.45 bits per heavy atom. The van der Waals surface area contributed by atoms with Crippen molar-refractivity contribution in [3.05, 3.63) is 35.7 Å². The van der Waals surface area contributed by atoms with Gasteiger partial charge in [-0.1, -0.05) is 13.0 Å². The van der Waals surface area contributed by atoms with Gasteiger partial charge in [-0.15, -0.1) is 0 Å². The molecule has 1 aliphatic rings. The number of nitrogens with one attached hydrogen (secondary N) is 1. The summed E-state index contributed by atoms with van der Waals surface area (Å²) in [6.45, 7) is 4.91. The summed E-state index contributed by atoms with van der Waals surface area (Å²) in [6, 6.07) is 4.66. The summed E-state index contributed by atoms with van der Waals surface area (Å²) in [7, 11) is 3.73. The lowest BCUT2D eigenvalue weighted by Gasteiger charge is -2.28. The molecule has 1 aliphatic heterocycles. The van der Waals surface area contributed by atoms with Crippen molar-refractivity contribution in [1.82, 2.24) is 10.3 Å². The maximum absolute atomic E-state index is 5.18. The fraction of sp³-hybridized carbons (Fsp3) is 0.562. The largest absolute Gasteiger partial charge is 0.380 e. The summed E-state index contributed by atoms with van der Waals surface area (Å²) in [5, 5.41) is 3.29. The molecular weight excluding hydrogens is 250 g/mol. The van der Waals surface area contributed by atoms with E-state index in [0.29, 0.717) is 6.04 Å². The van der Waals surface area contributed by atoms with Gasteiger partial charge in [0.05, 0.1) is 24.2 Å². The Morgan fingerprint density at radius 3 is 2.80 bits per heavy atom. The highest BCUT2D eigenvalue weighted by Gasteiger charge is 2.13. The predicted octanol–water partition coefficient (Wildman–Crippen LogP) is 2.54. The molecule has 0 bridgehead atoms. The monoisotopic (exact) mass is 275 g/mol. The molecular formula is C16H25N3O. The van der Waals surface area contributed by atoms with Gasteiger partial charge in [-0.2, -0.15) is 0 Å². The zero-order chi connectivity index (χ0) is 14.4. The SMILES string of the molecule is CCC(NC)c1ccc(N2CC=C(COC)CC2)cn1. The van der Waals surface area contributed by atoms with E-state index in [4.69, 9.17) is 4.74 Å². The van der Waals surface area contributed by atoms with E-state index >= 15 is 0 Å². The van der Waals surface area contributed by atoms with Crippen molar-refractivity contribution in [2.45, 2.75) is 25.8 Å². The first-order valence-electron chi connectivity index (χ1n) is 7.33. The molecule has 1 unspecified atom stereocenters. The third-order valence-corrected chi connectivity index (χ3v) is 3.88. The van der Waals surface area contributed by atoms with Gasteiger partial charge in [0.25, 0.3) is 0 Å². The average Bonchev–Trinajstić information content (AvgIpc) is 2.50. The van der Waals surface area contributed by atoms with Gasteiger partial charge < -0.3 is 15.0 Å². The molecule has 0 saturated carbocycles. The molecule has 0 spiro atoms. The first kappa shape index (κ1) is 15.0. The van der Waals surface area contributed by atoms with Crippen LogP contribution in [0.4, 0.5) is 5.69 Å². The second kappa shape index (κ2) is 7.41. The van der Waals surface area contributed by atoms with E-state index in [0.717, 1.165) is 38.2 Å². The molecule has 1 atom stereocenters. The molecule has 2 rings (SSSR count). The number of nitrogens with zero attached hydrogens (tertiary/aromatic N) is 2. The van der Waals surface area contributed by atoms with Crippen LogP contribution in [-0.4, -0.2) is 38.8 Å². The standard InChI is InChI=1S/C16H25N3O/c1-4-15(17-2)16-6-5-14(11-18-16)19-9-7-13(8-10-19)12-20-3/h5-7,11,15,17H,4,8-10,12H2,1-3H3. The third kappa shape index (κ3) is 3.58. The Balaban J connectivity index is 2.01. The van der Waals surface area contributed by atoms with Crippen LogP contribution in [-0.2, 0) is 4.74 Å². The van der Waals surface area contributed by atoms with Crippen LogP contribution in [0.1, 0.15) is 31.5 Å². The van der Waals surface area contributed by atoms with Crippen LogP contribution in [0.25, 0.3) is 0 Å². The lowest BCUT2D eigenvalue weighted by Crippen LogP contribution is -2.29. The molecule has 0 radical (unpaired) electrons. The molecule has 20 heavy (non-hydrogen) atoms. The van der Waals surface area contributed by atoms with Crippen molar-refractivity contribution >= 4 is 5.69 Å². The van der Waals surface area contributed by atoms with Crippen LogP contribution in [0.15, 0.2) is 30.0 Å². The smallest absolute Gasteiger partial charge is 0.0674 e.